The lowest BCUT2D eigenvalue weighted by molar-refractivity contribution is -0.143. The Morgan fingerprint density at radius 3 is 2.69 bits per heavy atom. The molecule has 70 valence electrons. The Bertz CT molecular complexity index is 353. The summed E-state index contributed by atoms with van der Waals surface area (Å²) in [5, 5.41) is 2.85. The zero-order chi connectivity index (χ0) is 9.64. The van der Waals surface area contributed by atoms with Crippen LogP contribution in [-0.2, 0) is 11.8 Å². The number of nitrogens with one attached hydrogen (secondary N) is 1. The molecule has 1 fully saturated rings. The number of carbonyl (C=O) groups excluding carboxylic acids is 1. The predicted octanol–water partition coefficient (Wildman–Crippen LogP) is 0.617. The van der Waals surface area contributed by atoms with Crippen LogP contribution in [0.2, 0.25) is 0 Å². The van der Waals surface area contributed by atoms with E-state index in [2.05, 4.69) is 10.3 Å². The molecule has 1 aliphatic heterocycles. The Morgan fingerprint density at radius 2 is 2.31 bits per heavy atom. The Morgan fingerprint density at radius 1 is 1.62 bits per heavy atom. The molecule has 0 aliphatic carbocycles. The summed E-state index contributed by atoms with van der Waals surface area (Å²) in [6, 6.07) is 0.0556. The Hall–Kier alpha value is -1.32. The number of carbonyl (C=O) groups is 1. The first-order valence-corrected chi connectivity index (χ1v) is 4.31. The Labute approximate surface area is 77.0 Å². The van der Waals surface area contributed by atoms with Crippen LogP contribution in [0, 0.1) is 5.41 Å². The molecule has 0 aromatic carbocycles. The van der Waals surface area contributed by atoms with Gasteiger partial charge in [0, 0.05) is 19.4 Å². The highest BCUT2D eigenvalue weighted by Gasteiger charge is 2.49. The number of hydrogen-bond donors (Lipinski definition) is 1. The fourth-order valence-electron chi connectivity index (χ4n) is 1.59. The fraction of sp³-hybridized carbons (Fsp3) is 0.556. The van der Waals surface area contributed by atoms with Gasteiger partial charge in [0.2, 0.25) is 5.91 Å². The summed E-state index contributed by atoms with van der Waals surface area (Å²) in [7, 11) is 1.93. The minimum absolute atomic E-state index is 0.0556. The van der Waals surface area contributed by atoms with Gasteiger partial charge >= 0.3 is 0 Å². The normalized spacial score (nSPS) is 25.2. The molecule has 4 heteroatoms. The quantitative estimate of drug-likeness (QED) is 0.642. The summed E-state index contributed by atoms with van der Waals surface area (Å²) < 4.78 is 1.94. The van der Waals surface area contributed by atoms with Crippen LogP contribution in [0.3, 0.4) is 0 Å². The highest BCUT2D eigenvalue weighted by molar-refractivity contribution is 5.89. The maximum absolute atomic E-state index is 11.2. The standard InChI is InChI=1S/C9H13N3O/c1-9(2)6(11-8(9)13)7-10-4-5-12(7)3/h4-6H,1-3H3,(H,11,13). The van der Waals surface area contributed by atoms with Gasteiger partial charge in [0.25, 0.3) is 0 Å². The first-order valence-electron chi connectivity index (χ1n) is 4.31. The molecule has 1 aliphatic rings. The minimum Gasteiger partial charge on any atom is -0.345 e. The molecule has 4 nitrogen and oxygen atoms in total. The molecule has 1 aromatic heterocycles. The van der Waals surface area contributed by atoms with Gasteiger partial charge in [-0.05, 0) is 13.8 Å². The Kier molecular flexibility index (Phi) is 1.49. The lowest BCUT2D eigenvalue weighted by Crippen LogP contribution is -2.58. The number of rotatable bonds is 1. The molecular formula is C9H13N3O. The molecule has 1 aromatic rings. The predicted molar refractivity (Wildman–Crippen MR) is 47.9 cm³/mol. The number of aromatic nitrogens is 2. The number of β-lactam (4-membered cyclic amide) rings is 1. The number of imidazole rings is 1. The van der Waals surface area contributed by atoms with Crippen LogP contribution in [0.25, 0.3) is 0 Å². The van der Waals surface area contributed by atoms with Crippen molar-refractivity contribution in [1.82, 2.24) is 14.9 Å². The van der Waals surface area contributed by atoms with Crippen LogP contribution in [0.15, 0.2) is 12.4 Å². The molecule has 1 saturated heterocycles. The van der Waals surface area contributed by atoms with Gasteiger partial charge in [-0.25, -0.2) is 4.98 Å². The zero-order valence-corrected chi connectivity index (χ0v) is 8.03. The van der Waals surface area contributed by atoms with Crippen molar-refractivity contribution in [2.45, 2.75) is 19.9 Å². The van der Waals surface area contributed by atoms with Crippen LogP contribution in [0.1, 0.15) is 25.7 Å². The minimum atomic E-state index is -0.320. The van der Waals surface area contributed by atoms with Crippen molar-refractivity contribution in [2.24, 2.45) is 12.5 Å². The van der Waals surface area contributed by atoms with Gasteiger partial charge < -0.3 is 9.88 Å². The van der Waals surface area contributed by atoms with Crippen LogP contribution in [0.5, 0.6) is 0 Å². The van der Waals surface area contributed by atoms with Crippen LogP contribution < -0.4 is 5.32 Å². The van der Waals surface area contributed by atoms with Gasteiger partial charge in [0.15, 0.2) is 0 Å². The molecule has 1 N–H and O–H groups in total. The maximum Gasteiger partial charge on any atom is 0.228 e. The van der Waals surface area contributed by atoms with E-state index >= 15 is 0 Å². The zero-order valence-electron chi connectivity index (χ0n) is 8.03. The summed E-state index contributed by atoms with van der Waals surface area (Å²) in [6.07, 6.45) is 3.63. The molecule has 1 amide bonds. The molecule has 0 radical (unpaired) electrons. The highest BCUT2D eigenvalue weighted by Crippen LogP contribution is 2.40. The summed E-state index contributed by atoms with van der Waals surface area (Å²) >= 11 is 0. The smallest absolute Gasteiger partial charge is 0.228 e. The molecule has 1 unspecified atom stereocenters. The largest absolute Gasteiger partial charge is 0.345 e. The number of nitrogens with zero attached hydrogens (tertiary/aromatic N) is 2. The number of amides is 1. The van der Waals surface area contributed by atoms with Crippen molar-refractivity contribution in [2.75, 3.05) is 0 Å². The first kappa shape index (κ1) is 8.29. The van der Waals surface area contributed by atoms with E-state index in [1.165, 1.54) is 0 Å². The van der Waals surface area contributed by atoms with Crippen molar-refractivity contribution in [3.8, 4) is 0 Å². The second kappa shape index (κ2) is 2.34. The van der Waals surface area contributed by atoms with E-state index in [9.17, 15) is 4.79 Å². The lowest BCUT2D eigenvalue weighted by atomic mass is 9.76. The van der Waals surface area contributed by atoms with E-state index in [1.807, 2.05) is 31.7 Å². The van der Waals surface area contributed by atoms with Crippen molar-refractivity contribution >= 4 is 5.91 Å². The SMILES string of the molecule is Cn1ccnc1C1NC(=O)C1(C)C. The molecule has 1 atom stereocenters. The van der Waals surface area contributed by atoms with E-state index in [1.54, 1.807) is 6.20 Å². The highest BCUT2D eigenvalue weighted by atomic mass is 16.2. The van der Waals surface area contributed by atoms with E-state index in [-0.39, 0.29) is 17.4 Å². The second-order valence-electron chi connectivity index (χ2n) is 4.02. The molecule has 0 saturated carbocycles. The van der Waals surface area contributed by atoms with Gasteiger partial charge in [-0.3, -0.25) is 4.79 Å². The van der Waals surface area contributed by atoms with Crippen LogP contribution >= 0.6 is 0 Å². The molecule has 0 spiro atoms. The van der Waals surface area contributed by atoms with E-state index in [0.717, 1.165) is 5.82 Å². The molecule has 2 heterocycles. The van der Waals surface area contributed by atoms with Gasteiger partial charge in [0.1, 0.15) is 11.9 Å². The van der Waals surface area contributed by atoms with Crippen molar-refractivity contribution < 1.29 is 4.79 Å². The van der Waals surface area contributed by atoms with E-state index in [4.69, 9.17) is 0 Å². The maximum atomic E-state index is 11.2. The average Bonchev–Trinajstić information content (AvgIpc) is 2.47. The number of hydrogen-bond acceptors (Lipinski definition) is 2. The fourth-order valence-corrected chi connectivity index (χ4v) is 1.59. The summed E-state index contributed by atoms with van der Waals surface area (Å²) in [4.78, 5) is 15.4. The Balaban J connectivity index is 2.31. The second-order valence-corrected chi connectivity index (χ2v) is 4.02. The lowest BCUT2D eigenvalue weighted by Gasteiger charge is -2.43. The third-order valence-electron chi connectivity index (χ3n) is 2.70. The van der Waals surface area contributed by atoms with E-state index in [0.29, 0.717) is 0 Å². The molecular weight excluding hydrogens is 166 g/mol. The van der Waals surface area contributed by atoms with Crippen molar-refractivity contribution in [3.05, 3.63) is 18.2 Å². The third-order valence-corrected chi connectivity index (χ3v) is 2.70. The van der Waals surface area contributed by atoms with Gasteiger partial charge in [0.05, 0.1) is 5.41 Å². The van der Waals surface area contributed by atoms with Crippen LogP contribution in [-0.4, -0.2) is 15.5 Å². The average molecular weight is 179 g/mol. The topological polar surface area (TPSA) is 46.9 Å². The van der Waals surface area contributed by atoms with Crippen LogP contribution in [0.4, 0.5) is 0 Å². The van der Waals surface area contributed by atoms with E-state index < -0.39 is 0 Å². The van der Waals surface area contributed by atoms with Crippen molar-refractivity contribution in [1.29, 1.82) is 0 Å². The monoisotopic (exact) mass is 179 g/mol. The van der Waals surface area contributed by atoms with Gasteiger partial charge in [-0.1, -0.05) is 0 Å². The summed E-state index contributed by atoms with van der Waals surface area (Å²) in [5.74, 6) is 1.02. The molecule has 2 rings (SSSR count). The third kappa shape index (κ3) is 0.978. The number of aryl methyl sites for hydroxylation is 1. The first-order chi connectivity index (χ1) is 6.03. The molecule has 13 heavy (non-hydrogen) atoms. The van der Waals surface area contributed by atoms with Crippen molar-refractivity contribution in [3.63, 3.8) is 0 Å². The molecule has 0 bridgehead atoms. The summed E-state index contributed by atoms with van der Waals surface area (Å²) in [6.45, 7) is 3.87. The summed E-state index contributed by atoms with van der Waals surface area (Å²) in [5.41, 5.74) is -0.320. The van der Waals surface area contributed by atoms with Gasteiger partial charge in [-0.15, -0.1) is 0 Å². The van der Waals surface area contributed by atoms with Gasteiger partial charge in [-0.2, -0.15) is 0 Å².